The van der Waals surface area contributed by atoms with E-state index in [1.807, 2.05) is 16.6 Å². The molecule has 0 radical (unpaired) electrons. The second-order valence-corrected chi connectivity index (χ2v) is 9.48. The molecule has 5 rings (SSSR count). The highest BCUT2D eigenvalue weighted by Gasteiger charge is 2.33. The van der Waals surface area contributed by atoms with Crippen LogP contribution in [-0.4, -0.2) is 27.7 Å². The zero-order valence-corrected chi connectivity index (χ0v) is 19.0. The summed E-state index contributed by atoms with van der Waals surface area (Å²) >= 11 is 0. The smallest absolute Gasteiger partial charge is 0.316 e. The number of hydrogen-bond donors (Lipinski definition) is 1. The van der Waals surface area contributed by atoms with Crippen LogP contribution in [0.15, 0.2) is 73.1 Å². The van der Waals surface area contributed by atoms with Crippen molar-refractivity contribution in [2.24, 2.45) is 5.92 Å². The normalized spacial score (nSPS) is 16.4. The lowest BCUT2D eigenvalue weighted by atomic mass is 9.74. The van der Waals surface area contributed by atoms with Crippen molar-refractivity contribution in [3.63, 3.8) is 0 Å². The molecule has 7 heteroatoms. The SMILES string of the molecule is CC(CCC1CNC1)(Cc1ccccc1)c1ccnc2c(-c3ccc(C(F)(F)F)cc3)cnn12. The van der Waals surface area contributed by atoms with Crippen LogP contribution in [0, 0.1) is 5.92 Å². The van der Waals surface area contributed by atoms with Crippen molar-refractivity contribution in [2.75, 3.05) is 13.1 Å². The average molecular weight is 465 g/mol. The van der Waals surface area contributed by atoms with E-state index in [-0.39, 0.29) is 5.41 Å². The lowest BCUT2D eigenvalue weighted by Gasteiger charge is -2.35. The fraction of sp³-hybridized carbons (Fsp3) is 0.333. The van der Waals surface area contributed by atoms with Gasteiger partial charge in [-0.05, 0) is 67.6 Å². The molecular weight excluding hydrogens is 437 g/mol. The summed E-state index contributed by atoms with van der Waals surface area (Å²) < 4.78 is 40.9. The Hall–Kier alpha value is -3.19. The highest BCUT2D eigenvalue weighted by atomic mass is 19.4. The van der Waals surface area contributed by atoms with Crippen LogP contribution < -0.4 is 5.32 Å². The number of benzene rings is 2. The molecule has 34 heavy (non-hydrogen) atoms. The summed E-state index contributed by atoms with van der Waals surface area (Å²) in [7, 11) is 0. The Bertz CT molecular complexity index is 1260. The maximum absolute atomic E-state index is 13.0. The topological polar surface area (TPSA) is 42.2 Å². The number of nitrogens with one attached hydrogen (secondary N) is 1. The second kappa shape index (κ2) is 8.87. The molecule has 1 aliphatic rings. The molecule has 4 nitrogen and oxygen atoms in total. The minimum atomic E-state index is -4.36. The predicted molar refractivity (Wildman–Crippen MR) is 127 cm³/mol. The number of aromatic nitrogens is 3. The quantitative estimate of drug-likeness (QED) is 0.369. The summed E-state index contributed by atoms with van der Waals surface area (Å²) in [5, 5.41) is 8.01. The van der Waals surface area contributed by atoms with Crippen molar-refractivity contribution >= 4 is 5.65 Å². The van der Waals surface area contributed by atoms with E-state index < -0.39 is 11.7 Å². The Morgan fingerprint density at radius 3 is 2.38 bits per heavy atom. The van der Waals surface area contributed by atoms with Crippen LogP contribution in [0.25, 0.3) is 16.8 Å². The van der Waals surface area contributed by atoms with Crippen LogP contribution in [0.2, 0.25) is 0 Å². The zero-order chi connectivity index (χ0) is 23.8. The number of hydrogen-bond acceptors (Lipinski definition) is 3. The first kappa shape index (κ1) is 22.6. The van der Waals surface area contributed by atoms with Crippen LogP contribution in [0.1, 0.15) is 36.6 Å². The molecule has 4 aromatic rings. The number of alkyl halides is 3. The minimum absolute atomic E-state index is 0.179. The van der Waals surface area contributed by atoms with Gasteiger partial charge < -0.3 is 5.32 Å². The van der Waals surface area contributed by atoms with Gasteiger partial charge in [0.15, 0.2) is 5.65 Å². The summed E-state index contributed by atoms with van der Waals surface area (Å²) in [5.74, 6) is 0.688. The Balaban J connectivity index is 1.53. The summed E-state index contributed by atoms with van der Waals surface area (Å²) in [4.78, 5) is 4.56. The monoisotopic (exact) mass is 464 g/mol. The molecule has 3 heterocycles. The first-order valence-corrected chi connectivity index (χ1v) is 11.6. The molecule has 2 aromatic heterocycles. The molecule has 0 saturated carbocycles. The van der Waals surface area contributed by atoms with Crippen molar-refractivity contribution in [3.8, 4) is 11.1 Å². The maximum atomic E-state index is 13.0. The molecule has 0 spiro atoms. The van der Waals surface area contributed by atoms with E-state index in [4.69, 9.17) is 0 Å². The molecule has 1 unspecified atom stereocenters. The van der Waals surface area contributed by atoms with Gasteiger partial charge in [-0.25, -0.2) is 9.50 Å². The number of halogens is 3. The Morgan fingerprint density at radius 1 is 1.00 bits per heavy atom. The van der Waals surface area contributed by atoms with E-state index in [1.165, 1.54) is 17.7 Å². The van der Waals surface area contributed by atoms with Gasteiger partial charge in [0.1, 0.15) is 0 Å². The third-order valence-corrected chi connectivity index (χ3v) is 6.95. The molecule has 1 aliphatic heterocycles. The van der Waals surface area contributed by atoms with Crippen molar-refractivity contribution in [3.05, 3.63) is 89.9 Å². The summed E-state index contributed by atoms with van der Waals surface area (Å²) in [6, 6.07) is 17.7. The predicted octanol–water partition coefficient (Wildman–Crippen LogP) is 5.92. The molecule has 2 aromatic carbocycles. The van der Waals surface area contributed by atoms with Gasteiger partial charge >= 0.3 is 6.18 Å². The third kappa shape index (κ3) is 4.44. The lowest BCUT2D eigenvalue weighted by molar-refractivity contribution is -0.137. The van der Waals surface area contributed by atoms with Gasteiger partial charge in [0.25, 0.3) is 0 Å². The van der Waals surface area contributed by atoms with Gasteiger partial charge in [-0.15, -0.1) is 0 Å². The van der Waals surface area contributed by atoms with E-state index in [9.17, 15) is 13.2 Å². The largest absolute Gasteiger partial charge is 0.416 e. The molecule has 0 aliphatic carbocycles. The van der Waals surface area contributed by atoms with Gasteiger partial charge in [-0.3, -0.25) is 0 Å². The molecule has 1 atom stereocenters. The number of nitrogens with zero attached hydrogens (tertiary/aromatic N) is 3. The molecule has 1 saturated heterocycles. The van der Waals surface area contributed by atoms with Crippen LogP contribution in [0.5, 0.6) is 0 Å². The Labute approximate surface area is 196 Å². The molecule has 1 fully saturated rings. The maximum Gasteiger partial charge on any atom is 0.416 e. The molecule has 176 valence electrons. The van der Waals surface area contributed by atoms with Gasteiger partial charge in [0.05, 0.1) is 17.5 Å². The van der Waals surface area contributed by atoms with Crippen LogP contribution in [-0.2, 0) is 18.0 Å². The lowest BCUT2D eigenvalue weighted by Crippen LogP contribution is -2.43. The third-order valence-electron chi connectivity index (χ3n) is 6.95. The molecule has 1 N–H and O–H groups in total. The fourth-order valence-electron chi connectivity index (χ4n) is 4.82. The van der Waals surface area contributed by atoms with Crippen molar-refractivity contribution in [1.29, 1.82) is 0 Å². The highest BCUT2D eigenvalue weighted by Crippen LogP contribution is 2.37. The van der Waals surface area contributed by atoms with Gasteiger partial charge in [-0.2, -0.15) is 18.3 Å². The Morgan fingerprint density at radius 2 is 1.74 bits per heavy atom. The molecule has 0 bridgehead atoms. The summed E-state index contributed by atoms with van der Waals surface area (Å²) in [6.45, 7) is 4.40. The summed E-state index contributed by atoms with van der Waals surface area (Å²) in [5.41, 5.74) is 3.52. The Kier molecular flexibility index (Phi) is 5.90. The molecular formula is C27H27F3N4. The van der Waals surface area contributed by atoms with Crippen LogP contribution in [0.4, 0.5) is 13.2 Å². The average Bonchev–Trinajstić information content (AvgIpc) is 3.22. The highest BCUT2D eigenvalue weighted by molar-refractivity contribution is 5.77. The number of rotatable bonds is 7. The molecule has 0 amide bonds. The van der Waals surface area contributed by atoms with E-state index in [1.54, 1.807) is 12.4 Å². The first-order valence-electron chi connectivity index (χ1n) is 11.6. The van der Waals surface area contributed by atoms with Crippen LogP contribution in [0.3, 0.4) is 0 Å². The van der Waals surface area contributed by atoms with Crippen molar-refractivity contribution in [2.45, 2.75) is 37.8 Å². The van der Waals surface area contributed by atoms with E-state index in [0.29, 0.717) is 17.1 Å². The first-order chi connectivity index (χ1) is 16.3. The van der Waals surface area contributed by atoms with Gasteiger partial charge in [-0.1, -0.05) is 49.4 Å². The number of fused-ring (bicyclic) bond motifs is 1. The van der Waals surface area contributed by atoms with Crippen molar-refractivity contribution in [1.82, 2.24) is 19.9 Å². The van der Waals surface area contributed by atoms with E-state index >= 15 is 0 Å². The standard InChI is InChI=1S/C27H27F3N4/c1-26(13-11-20-16-31-17-20,15-19-5-3-2-4-6-19)24-12-14-32-25-23(18-33-34(24)25)21-7-9-22(10-8-21)27(28,29)30/h2-10,12,14,18,20,31H,11,13,15-17H2,1H3. The van der Waals surface area contributed by atoms with Gasteiger partial charge in [0.2, 0.25) is 0 Å². The summed E-state index contributed by atoms with van der Waals surface area (Å²) in [6.07, 6.45) is 2.11. The van der Waals surface area contributed by atoms with Crippen molar-refractivity contribution < 1.29 is 13.2 Å². The minimum Gasteiger partial charge on any atom is -0.316 e. The van der Waals surface area contributed by atoms with E-state index in [2.05, 4.69) is 46.6 Å². The second-order valence-electron chi connectivity index (χ2n) is 9.48. The van der Waals surface area contributed by atoms with Gasteiger partial charge in [0, 0.05) is 17.2 Å². The zero-order valence-electron chi connectivity index (χ0n) is 19.0. The van der Waals surface area contributed by atoms with Crippen LogP contribution >= 0.6 is 0 Å². The van der Waals surface area contributed by atoms with E-state index in [0.717, 1.165) is 55.7 Å². The fourth-order valence-corrected chi connectivity index (χ4v) is 4.82.